The fourth-order valence-electron chi connectivity index (χ4n) is 2.62. The van der Waals surface area contributed by atoms with Crippen molar-refractivity contribution < 1.29 is 9.59 Å². The number of benzene rings is 3. The van der Waals surface area contributed by atoms with Crippen molar-refractivity contribution in [2.75, 3.05) is 21.3 Å². The number of halogens is 2. The SMILES string of the molecule is O=C(Nc1ccc(CCl)cc1)Nc1ccccc1NC(=O)Nc1ccc(CCl)cc1. The monoisotopic (exact) mass is 442 g/mol. The highest BCUT2D eigenvalue weighted by atomic mass is 35.5. The van der Waals surface area contributed by atoms with Gasteiger partial charge in [0.2, 0.25) is 0 Å². The van der Waals surface area contributed by atoms with Crippen molar-refractivity contribution in [2.24, 2.45) is 0 Å². The molecule has 3 aromatic rings. The van der Waals surface area contributed by atoms with Crippen LogP contribution in [-0.4, -0.2) is 12.1 Å². The molecule has 0 saturated carbocycles. The number of carbonyl (C=O) groups is 2. The molecule has 0 atom stereocenters. The number of alkyl halides is 2. The van der Waals surface area contributed by atoms with E-state index in [1.54, 1.807) is 48.5 Å². The van der Waals surface area contributed by atoms with Crippen molar-refractivity contribution in [2.45, 2.75) is 11.8 Å². The first-order valence-electron chi connectivity index (χ1n) is 9.12. The second kappa shape index (κ2) is 10.5. The van der Waals surface area contributed by atoms with Crippen LogP contribution in [0.3, 0.4) is 0 Å². The first-order valence-corrected chi connectivity index (χ1v) is 10.2. The molecule has 3 rings (SSSR count). The Morgan fingerprint density at radius 3 is 1.27 bits per heavy atom. The highest BCUT2D eigenvalue weighted by Crippen LogP contribution is 2.22. The van der Waals surface area contributed by atoms with Crippen LogP contribution in [0.2, 0.25) is 0 Å². The average Bonchev–Trinajstić information content (AvgIpc) is 2.76. The predicted molar refractivity (Wildman–Crippen MR) is 124 cm³/mol. The first kappa shape index (κ1) is 21.5. The fraction of sp³-hybridized carbons (Fsp3) is 0.0909. The van der Waals surface area contributed by atoms with Crippen LogP contribution < -0.4 is 21.3 Å². The van der Waals surface area contributed by atoms with E-state index in [1.807, 2.05) is 24.3 Å². The molecule has 154 valence electrons. The minimum Gasteiger partial charge on any atom is -0.308 e. The van der Waals surface area contributed by atoms with Crippen molar-refractivity contribution in [3.05, 3.63) is 83.9 Å². The smallest absolute Gasteiger partial charge is 0.308 e. The van der Waals surface area contributed by atoms with E-state index in [9.17, 15) is 9.59 Å². The van der Waals surface area contributed by atoms with Crippen LogP contribution in [0.4, 0.5) is 32.3 Å². The van der Waals surface area contributed by atoms with E-state index in [0.717, 1.165) is 11.1 Å². The highest BCUT2D eigenvalue weighted by Gasteiger charge is 2.10. The van der Waals surface area contributed by atoms with E-state index in [2.05, 4.69) is 21.3 Å². The zero-order chi connectivity index (χ0) is 21.3. The Labute approximate surface area is 184 Å². The third kappa shape index (κ3) is 6.14. The molecular formula is C22H20Cl2N4O2. The van der Waals surface area contributed by atoms with Crippen molar-refractivity contribution in [3.8, 4) is 0 Å². The summed E-state index contributed by atoms with van der Waals surface area (Å²) in [6, 6.07) is 20.5. The molecule has 0 aliphatic heterocycles. The Hall–Kier alpha value is -3.22. The van der Waals surface area contributed by atoms with Gasteiger partial charge in [-0.1, -0.05) is 36.4 Å². The van der Waals surface area contributed by atoms with E-state index in [0.29, 0.717) is 34.5 Å². The molecule has 0 unspecified atom stereocenters. The summed E-state index contributed by atoms with van der Waals surface area (Å²) in [5.74, 6) is 0.814. The average molecular weight is 443 g/mol. The van der Waals surface area contributed by atoms with Crippen LogP contribution in [0.5, 0.6) is 0 Å². The highest BCUT2D eigenvalue weighted by molar-refractivity contribution is 6.17. The van der Waals surface area contributed by atoms with Crippen LogP contribution in [0.15, 0.2) is 72.8 Å². The summed E-state index contributed by atoms with van der Waals surface area (Å²) in [4.78, 5) is 24.7. The maximum atomic E-state index is 12.3. The van der Waals surface area contributed by atoms with Gasteiger partial charge in [-0.3, -0.25) is 0 Å². The van der Waals surface area contributed by atoms with E-state index in [1.165, 1.54) is 0 Å². The Morgan fingerprint density at radius 1 is 0.567 bits per heavy atom. The molecule has 0 aromatic heterocycles. The molecule has 0 saturated heterocycles. The Kier molecular flexibility index (Phi) is 7.54. The summed E-state index contributed by atoms with van der Waals surface area (Å²) in [7, 11) is 0. The van der Waals surface area contributed by atoms with Gasteiger partial charge in [-0.2, -0.15) is 0 Å². The summed E-state index contributed by atoms with van der Waals surface area (Å²) < 4.78 is 0. The lowest BCUT2D eigenvalue weighted by atomic mass is 10.2. The molecule has 8 heteroatoms. The number of hydrogen-bond donors (Lipinski definition) is 4. The molecule has 0 spiro atoms. The topological polar surface area (TPSA) is 82.3 Å². The standard InChI is InChI=1S/C22H20Cl2N4O2/c23-13-15-5-9-17(10-6-15)25-21(29)27-19-3-1-2-4-20(19)28-22(30)26-18-11-7-16(14-24)8-12-18/h1-12H,13-14H2,(H2,25,27,29)(H2,26,28,30). The van der Waals surface area contributed by atoms with Gasteiger partial charge in [-0.25, -0.2) is 9.59 Å². The van der Waals surface area contributed by atoms with Gasteiger partial charge >= 0.3 is 12.1 Å². The van der Waals surface area contributed by atoms with E-state index in [4.69, 9.17) is 23.2 Å². The van der Waals surface area contributed by atoms with Crippen molar-refractivity contribution in [1.29, 1.82) is 0 Å². The third-order valence-corrected chi connectivity index (χ3v) is 4.77. The van der Waals surface area contributed by atoms with Crippen LogP contribution >= 0.6 is 23.2 Å². The minimum absolute atomic E-state index is 0.407. The molecule has 6 nitrogen and oxygen atoms in total. The predicted octanol–water partition coefficient (Wildman–Crippen LogP) is 6.45. The van der Waals surface area contributed by atoms with Gasteiger partial charge in [0, 0.05) is 23.1 Å². The van der Waals surface area contributed by atoms with Gasteiger partial charge in [0.05, 0.1) is 11.4 Å². The lowest BCUT2D eigenvalue weighted by Crippen LogP contribution is -2.23. The quantitative estimate of drug-likeness (QED) is 0.330. The van der Waals surface area contributed by atoms with E-state index in [-0.39, 0.29) is 0 Å². The minimum atomic E-state index is -0.431. The Morgan fingerprint density at radius 2 is 0.933 bits per heavy atom. The number of carbonyl (C=O) groups excluding carboxylic acids is 2. The summed E-state index contributed by atoms with van der Waals surface area (Å²) in [5, 5.41) is 11.0. The zero-order valence-corrected chi connectivity index (χ0v) is 17.4. The molecular weight excluding hydrogens is 423 g/mol. The summed E-state index contributed by atoms with van der Waals surface area (Å²) in [6.45, 7) is 0. The van der Waals surface area contributed by atoms with Crippen LogP contribution in [0.25, 0.3) is 0 Å². The van der Waals surface area contributed by atoms with Crippen LogP contribution in [-0.2, 0) is 11.8 Å². The van der Waals surface area contributed by atoms with Crippen LogP contribution in [0, 0.1) is 0 Å². The van der Waals surface area contributed by atoms with E-state index >= 15 is 0 Å². The van der Waals surface area contributed by atoms with Crippen molar-refractivity contribution in [1.82, 2.24) is 0 Å². The maximum absolute atomic E-state index is 12.3. The number of amides is 4. The van der Waals surface area contributed by atoms with Gasteiger partial charge < -0.3 is 21.3 Å². The first-order chi connectivity index (χ1) is 14.6. The molecule has 3 aromatic carbocycles. The van der Waals surface area contributed by atoms with Gasteiger partial charge in [-0.05, 0) is 47.5 Å². The molecule has 4 amide bonds. The van der Waals surface area contributed by atoms with Gasteiger partial charge in [0.15, 0.2) is 0 Å². The lowest BCUT2D eigenvalue weighted by molar-refractivity contribution is 0.261. The molecule has 0 bridgehead atoms. The molecule has 30 heavy (non-hydrogen) atoms. The molecule has 0 heterocycles. The molecule has 4 N–H and O–H groups in total. The summed E-state index contributed by atoms with van der Waals surface area (Å²) in [6.07, 6.45) is 0. The molecule has 0 fully saturated rings. The Bertz CT molecular complexity index is 926. The van der Waals surface area contributed by atoms with Gasteiger partial charge in [-0.15, -0.1) is 23.2 Å². The number of rotatable bonds is 6. The molecule has 0 aliphatic rings. The number of urea groups is 2. The normalized spacial score (nSPS) is 10.2. The third-order valence-electron chi connectivity index (χ3n) is 4.16. The molecule has 0 aliphatic carbocycles. The second-order valence-corrected chi connectivity index (χ2v) is 6.90. The van der Waals surface area contributed by atoms with Crippen LogP contribution in [0.1, 0.15) is 11.1 Å². The number of hydrogen-bond acceptors (Lipinski definition) is 2. The van der Waals surface area contributed by atoms with Gasteiger partial charge in [0.25, 0.3) is 0 Å². The largest absolute Gasteiger partial charge is 0.323 e. The number of anilines is 4. The Balaban J connectivity index is 1.61. The molecule has 0 radical (unpaired) electrons. The van der Waals surface area contributed by atoms with E-state index < -0.39 is 12.1 Å². The number of nitrogens with one attached hydrogen (secondary N) is 4. The fourth-order valence-corrected chi connectivity index (χ4v) is 2.98. The van der Waals surface area contributed by atoms with Gasteiger partial charge in [0.1, 0.15) is 0 Å². The van der Waals surface area contributed by atoms with Crippen molar-refractivity contribution >= 4 is 58.0 Å². The van der Waals surface area contributed by atoms with Crippen molar-refractivity contribution in [3.63, 3.8) is 0 Å². The lowest BCUT2D eigenvalue weighted by Gasteiger charge is -2.14. The maximum Gasteiger partial charge on any atom is 0.323 e. The second-order valence-electron chi connectivity index (χ2n) is 6.36. The zero-order valence-electron chi connectivity index (χ0n) is 15.9. The summed E-state index contributed by atoms with van der Waals surface area (Å²) in [5.41, 5.74) is 4.09. The number of para-hydroxylation sites is 2. The summed E-state index contributed by atoms with van der Waals surface area (Å²) >= 11 is 11.5.